The number of aryl methyl sites for hydroxylation is 1. The van der Waals surface area contributed by atoms with Gasteiger partial charge in [-0.3, -0.25) is 9.98 Å². The van der Waals surface area contributed by atoms with Crippen molar-refractivity contribution in [2.45, 2.75) is 25.3 Å². The lowest BCUT2D eigenvalue weighted by Crippen LogP contribution is -2.17. The molecule has 122 valence electrons. The standard InChI is InChI=1S/C16H19N3O3S/c17-6-1-7-22-11-3-5-12-10(8-11)2-4-13(18-12)15-19-14(9-23-15)16(20)21/h3,5,8,14H,1-2,4,6-7,9,17H2,(H,20,21)/t14-/m1/s1. The van der Waals surface area contributed by atoms with Crippen molar-refractivity contribution in [3.05, 3.63) is 23.8 Å². The topological polar surface area (TPSA) is 97.3 Å². The number of aliphatic imine (C=N–C) groups is 2. The van der Waals surface area contributed by atoms with Crippen molar-refractivity contribution in [1.29, 1.82) is 0 Å². The summed E-state index contributed by atoms with van der Waals surface area (Å²) in [6, 6.07) is 5.24. The Hall–Kier alpha value is -1.86. The SMILES string of the molecule is NCCCOc1ccc2c(c1)CCC(C1=N[C@@H](C(=O)O)CS1)=N2. The summed E-state index contributed by atoms with van der Waals surface area (Å²) in [6.45, 7) is 1.24. The van der Waals surface area contributed by atoms with E-state index >= 15 is 0 Å². The summed E-state index contributed by atoms with van der Waals surface area (Å²) in [7, 11) is 0. The molecule has 7 heteroatoms. The maximum atomic E-state index is 11.0. The second kappa shape index (κ2) is 7.14. The molecule has 0 saturated carbocycles. The summed E-state index contributed by atoms with van der Waals surface area (Å²) >= 11 is 1.48. The maximum Gasteiger partial charge on any atom is 0.329 e. The molecule has 3 rings (SSSR count). The van der Waals surface area contributed by atoms with Crippen molar-refractivity contribution < 1.29 is 14.6 Å². The van der Waals surface area contributed by atoms with Crippen molar-refractivity contribution in [2.24, 2.45) is 15.7 Å². The molecule has 0 radical (unpaired) electrons. The molecule has 23 heavy (non-hydrogen) atoms. The maximum absolute atomic E-state index is 11.0. The summed E-state index contributed by atoms with van der Waals surface area (Å²) in [5.74, 6) is 0.461. The zero-order valence-corrected chi connectivity index (χ0v) is 13.5. The molecule has 2 aliphatic rings. The van der Waals surface area contributed by atoms with Crippen LogP contribution in [0.1, 0.15) is 18.4 Å². The Labute approximate surface area is 138 Å². The Morgan fingerprint density at radius 2 is 2.30 bits per heavy atom. The third-order valence-electron chi connectivity index (χ3n) is 3.74. The first-order valence-electron chi connectivity index (χ1n) is 7.64. The number of hydrogen-bond acceptors (Lipinski definition) is 6. The minimum absolute atomic E-state index is 0.491. The molecule has 0 unspecified atom stereocenters. The smallest absolute Gasteiger partial charge is 0.329 e. The van der Waals surface area contributed by atoms with E-state index in [4.69, 9.17) is 15.6 Å². The first-order valence-corrected chi connectivity index (χ1v) is 8.63. The number of nitrogens with zero attached hydrogens (tertiary/aromatic N) is 2. The summed E-state index contributed by atoms with van der Waals surface area (Å²) in [5.41, 5.74) is 8.42. The number of rotatable bonds is 6. The van der Waals surface area contributed by atoms with E-state index in [0.29, 0.717) is 18.9 Å². The summed E-state index contributed by atoms with van der Waals surface area (Å²) in [5, 5.41) is 9.79. The van der Waals surface area contributed by atoms with Crippen LogP contribution in [0.2, 0.25) is 0 Å². The molecule has 3 N–H and O–H groups in total. The largest absolute Gasteiger partial charge is 0.494 e. The van der Waals surface area contributed by atoms with E-state index in [2.05, 4.69) is 9.98 Å². The van der Waals surface area contributed by atoms with Crippen LogP contribution in [0.25, 0.3) is 0 Å². The molecule has 2 heterocycles. The van der Waals surface area contributed by atoms with Crippen LogP contribution in [0.15, 0.2) is 28.2 Å². The molecule has 1 aromatic rings. The van der Waals surface area contributed by atoms with Crippen molar-refractivity contribution in [1.82, 2.24) is 0 Å². The van der Waals surface area contributed by atoms with Gasteiger partial charge in [0.2, 0.25) is 0 Å². The third-order valence-corrected chi connectivity index (χ3v) is 4.83. The first-order chi connectivity index (χ1) is 11.2. The highest BCUT2D eigenvalue weighted by molar-refractivity contribution is 8.16. The van der Waals surface area contributed by atoms with Crippen molar-refractivity contribution in [2.75, 3.05) is 18.9 Å². The first kappa shape index (κ1) is 16.0. The molecule has 0 amide bonds. The monoisotopic (exact) mass is 333 g/mol. The van der Waals surface area contributed by atoms with Crippen LogP contribution < -0.4 is 10.5 Å². The van der Waals surface area contributed by atoms with Gasteiger partial charge in [-0.15, -0.1) is 11.8 Å². The van der Waals surface area contributed by atoms with E-state index in [1.165, 1.54) is 11.8 Å². The Balaban J connectivity index is 1.74. The van der Waals surface area contributed by atoms with Crippen LogP contribution in [0.3, 0.4) is 0 Å². The Kier molecular flexibility index (Phi) is 4.97. The quantitative estimate of drug-likeness (QED) is 0.776. The predicted octanol–water partition coefficient (Wildman–Crippen LogP) is 2.03. The third kappa shape index (κ3) is 3.73. The molecule has 0 saturated heterocycles. The Bertz CT molecular complexity index is 673. The number of ether oxygens (including phenoxy) is 1. The van der Waals surface area contributed by atoms with Gasteiger partial charge in [-0.2, -0.15) is 0 Å². The summed E-state index contributed by atoms with van der Waals surface area (Å²) in [6.07, 6.45) is 2.47. The lowest BCUT2D eigenvalue weighted by atomic mass is 10.0. The summed E-state index contributed by atoms with van der Waals surface area (Å²) < 4.78 is 5.66. The molecule has 2 aliphatic heterocycles. The molecule has 0 aromatic heterocycles. The fourth-order valence-electron chi connectivity index (χ4n) is 2.50. The van der Waals surface area contributed by atoms with Gasteiger partial charge in [0.05, 0.1) is 18.0 Å². The molecule has 0 bridgehead atoms. The van der Waals surface area contributed by atoms with E-state index in [1.54, 1.807) is 0 Å². The molecular weight excluding hydrogens is 314 g/mol. The van der Waals surface area contributed by atoms with E-state index < -0.39 is 12.0 Å². The zero-order chi connectivity index (χ0) is 16.2. The van der Waals surface area contributed by atoms with Crippen molar-refractivity contribution in [3.63, 3.8) is 0 Å². The van der Waals surface area contributed by atoms with Gasteiger partial charge >= 0.3 is 5.97 Å². The second-order valence-electron chi connectivity index (χ2n) is 5.44. The highest BCUT2D eigenvalue weighted by Gasteiger charge is 2.28. The van der Waals surface area contributed by atoms with Gasteiger partial charge < -0.3 is 15.6 Å². The number of thioether (sulfide) groups is 1. The van der Waals surface area contributed by atoms with E-state index in [1.807, 2.05) is 18.2 Å². The number of benzene rings is 1. The van der Waals surface area contributed by atoms with Crippen LogP contribution in [-0.2, 0) is 11.2 Å². The van der Waals surface area contributed by atoms with Gasteiger partial charge in [-0.1, -0.05) is 0 Å². The molecular formula is C16H19N3O3S. The number of carboxylic acids is 1. The van der Waals surface area contributed by atoms with Gasteiger partial charge in [0.25, 0.3) is 0 Å². The van der Waals surface area contributed by atoms with Crippen LogP contribution in [-0.4, -0.2) is 46.8 Å². The fourth-order valence-corrected chi connectivity index (χ4v) is 3.55. The van der Waals surface area contributed by atoms with Gasteiger partial charge in [0, 0.05) is 5.75 Å². The van der Waals surface area contributed by atoms with Crippen molar-refractivity contribution in [3.8, 4) is 5.75 Å². The molecule has 0 fully saturated rings. The number of hydrogen-bond donors (Lipinski definition) is 2. The van der Waals surface area contributed by atoms with E-state index in [-0.39, 0.29) is 0 Å². The van der Waals surface area contributed by atoms with Gasteiger partial charge in [0.1, 0.15) is 10.8 Å². The molecule has 0 aliphatic carbocycles. The molecule has 0 spiro atoms. The van der Waals surface area contributed by atoms with Gasteiger partial charge in [-0.25, -0.2) is 4.79 Å². The number of fused-ring (bicyclic) bond motifs is 1. The van der Waals surface area contributed by atoms with Gasteiger partial charge in [-0.05, 0) is 49.6 Å². The van der Waals surface area contributed by atoms with Crippen LogP contribution >= 0.6 is 11.8 Å². The second-order valence-corrected chi connectivity index (χ2v) is 6.45. The highest BCUT2D eigenvalue weighted by Crippen LogP contribution is 2.32. The molecule has 6 nitrogen and oxygen atoms in total. The highest BCUT2D eigenvalue weighted by atomic mass is 32.2. The number of nitrogens with two attached hydrogens (primary N) is 1. The van der Waals surface area contributed by atoms with Gasteiger partial charge in [0.15, 0.2) is 6.04 Å². The molecule has 1 aromatic carbocycles. The Morgan fingerprint density at radius 1 is 1.43 bits per heavy atom. The Morgan fingerprint density at radius 3 is 3.04 bits per heavy atom. The number of aliphatic carboxylic acids is 1. The summed E-state index contributed by atoms with van der Waals surface area (Å²) in [4.78, 5) is 19.9. The van der Waals surface area contributed by atoms with Crippen LogP contribution in [0.4, 0.5) is 5.69 Å². The predicted molar refractivity (Wildman–Crippen MR) is 92.3 cm³/mol. The fraction of sp³-hybridized carbons (Fsp3) is 0.438. The van der Waals surface area contributed by atoms with Crippen LogP contribution in [0, 0.1) is 0 Å². The lowest BCUT2D eigenvalue weighted by Gasteiger charge is -2.16. The number of carboxylic acid groups (broad SMARTS) is 1. The minimum atomic E-state index is -0.872. The number of carbonyl (C=O) groups is 1. The normalized spacial score (nSPS) is 19.8. The molecule has 1 atom stereocenters. The average Bonchev–Trinajstić information content (AvgIpc) is 3.05. The lowest BCUT2D eigenvalue weighted by molar-refractivity contribution is -0.137. The van der Waals surface area contributed by atoms with E-state index in [9.17, 15) is 4.79 Å². The van der Waals surface area contributed by atoms with E-state index in [0.717, 1.165) is 47.0 Å². The minimum Gasteiger partial charge on any atom is -0.494 e. The average molecular weight is 333 g/mol. The van der Waals surface area contributed by atoms with Crippen LogP contribution in [0.5, 0.6) is 5.75 Å². The zero-order valence-electron chi connectivity index (χ0n) is 12.7. The van der Waals surface area contributed by atoms with Crippen molar-refractivity contribution >= 4 is 34.2 Å².